The van der Waals surface area contributed by atoms with Gasteiger partial charge in [-0.1, -0.05) is 17.7 Å². The van der Waals surface area contributed by atoms with Crippen LogP contribution in [-0.4, -0.2) is 24.9 Å². The van der Waals surface area contributed by atoms with Crippen LogP contribution >= 0.6 is 11.6 Å². The number of pyridine rings is 1. The minimum atomic E-state index is -4.95. The summed E-state index contributed by atoms with van der Waals surface area (Å²) in [4.78, 5) is 3.08. The first-order valence-corrected chi connectivity index (χ1v) is 7.66. The molecule has 0 spiro atoms. The molecule has 0 saturated carbocycles. The Balaban J connectivity index is 2.31. The predicted molar refractivity (Wildman–Crippen MR) is 74.8 cm³/mol. The molecule has 0 saturated heterocycles. The molecule has 11 heteroatoms. The smallest absolute Gasteiger partial charge is 0.504 e. The molecule has 2 N–H and O–H groups in total. The number of alkyl halides is 3. The lowest BCUT2D eigenvalue weighted by Crippen LogP contribution is -2.18. The number of rotatable bonds is 4. The van der Waals surface area contributed by atoms with E-state index in [0.29, 0.717) is 6.07 Å². The Hall–Kier alpha value is -2.20. The van der Waals surface area contributed by atoms with Gasteiger partial charge in [0.1, 0.15) is 5.75 Å². The van der Waals surface area contributed by atoms with Crippen LogP contribution in [-0.2, 0) is 10.0 Å². The molecule has 0 atom stereocenters. The summed E-state index contributed by atoms with van der Waals surface area (Å²) in [5.74, 6) is -1.66. The Morgan fingerprint density at radius 3 is 2.57 bits per heavy atom. The van der Waals surface area contributed by atoms with Gasteiger partial charge in [0.05, 0.1) is 9.92 Å². The number of hydrogen-bond donors (Lipinski definition) is 2. The molecule has 124 valence electrons. The van der Waals surface area contributed by atoms with E-state index in [1.165, 1.54) is 0 Å². The fourth-order valence-electron chi connectivity index (χ4n) is 1.53. The number of anilines is 1. The molecule has 0 aliphatic heterocycles. The second kappa shape index (κ2) is 6.13. The maximum absolute atomic E-state index is 12.2. The summed E-state index contributed by atoms with van der Waals surface area (Å²) in [6, 6.07) is 4.81. The van der Waals surface area contributed by atoms with E-state index in [1.54, 1.807) is 0 Å². The molecule has 1 aromatic carbocycles. The number of nitrogens with zero attached hydrogens (tertiary/aromatic N) is 1. The summed E-state index contributed by atoms with van der Waals surface area (Å²) in [6.07, 6.45) is -3.87. The highest BCUT2D eigenvalue weighted by Crippen LogP contribution is 2.28. The van der Waals surface area contributed by atoms with Gasteiger partial charge in [0, 0.05) is 18.3 Å². The van der Waals surface area contributed by atoms with E-state index >= 15 is 0 Å². The third kappa shape index (κ3) is 4.63. The van der Waals surface area contributed by atoms with Crippen LogP contribution in [0.1, 0.15) is 0 Å². The van der Waals surface area contributed by atoms with E-state index < -0.39 is 38.6 Å². The molecular formula is C12H8ClF3N2O4S. The first kappa shape index (κ1) is 17.2. The van der Waals surface area contributed by atoms with E-state index in [1.807, 2.05) is 4.72 Å². The van der Waals surface area contributed by atoms with Gasteiger partial charge in [-0.15, -0.1) is 13.2 Å². The van der Waals surface area contributed by atoms with Gasteiger partial charge in [0.2, 0.25) is 0 Å². The van der Waals surface area contributed by atoms with Crippen molar-refractivity contribution in [3.63, 3.8) is 0 Å². The van der Waals surface area contributed by atoms with E-state index in [4.69, 9.17) is 11.6 Å². The number of aromatic nitrogens is 1. The van der Waals surface area contributed by atoms with E-state index in [-0.39, 0.29) is 5.02 Å². The molecule has 0 aliphatic rings. The lowest BCUT2D eigenvalue weighted by Gasteiger charge is -2.11. The Kier molecular flexibility index (Phi) is 4.57. The molecule has 0 unspecified atom stereocenters. The van der Waals surface area contributed by atoms with E-state index in [0.717, 1.165) is 30.5 Å². The molecule has 0 fully saturated rings. The van der Waals surface area contributed by atoms with Crippen LogP contribution in [0.2, 0.25) is 5.02 Å². The average Bonchev–Trinajstić information content (AvgIpc) is 2.40. The monoisotopic (exact) mass is 368 g/mol. The molecule has 0 amide bonds. The Bertz CT molecular complexity index is 827. The maximum Gasteiger partial charge on any atom is 0.573 e. The van der Waals surface area contributed by atoms with Gasteiger partial charge in [-0.2, -0.15) is 0 Å². The van der Waals surface area contributed by atoms with Crippen LogP contribution in [0.3, 0.4) is 0 Å². The summed E-state index contributed by atoms with van der Waals surface area (Å²) in [5.41, 5.74) is 0. The summed E-state index contributed by atoms with van der Waals surface area (Å²) in [7, 11) is -4.29. The van der Waals surface area contributed by atoms with Crippen molar-refractivity contribution in [1.82, 2.24) is 4.98 Å². The van der Waals surface area contributed by atoms with Crippen LogP contribution in [0.4, 0.5) is 19.0 Å². The zero-order valence-corrected chi connectivity index (χ0v) is 12.6. The van der Waals surface area contributed by atoms with Gasteiger partial charge in [-0.25, -0.2) is 13.4 Å². The van der Waals surface area contributed by atoms with E-state index in [2.05, 4.69) is 9.72 Å². The predicted octanol–water partition coefficient (Wildman–Crippen LogP) is 3.14. The molecule has 2 aromatic rings. The number of halogens is 4. The quantitative estimate of drug-likeness (QED) is 0.865. The van der Waals surface area contributed by atoms with Gasteiger partial charge in [0.15, 0.2) is 11.6 Å². The van der Waals surface area contributed by atoms with Gasteiger partial charge in [-0.3, -0.25) is 4.72 Å². The molecule has 0 bridgehead atoms. The summed E-state index contributed by atoms with van der Waals surface area (Å²) in [6.45, 7) is 0. The standard InChI is InChI=1S/C12H8ClF3N2O4S/c13-7-4-10(19)11(17-6-7)18-23(20,21)9-3-1-2-8(5-9)22-12(14,15)16/h1-6,19H,(H,17,18). The fourth-order valence-corrected chi connectivity index (χ4v) is 2.74. The Labute approximate surface area is 133 Å². The number of nitrogens with one attached hydrogen (secondary N) is 1. The third-order valence-corrected chi connectivity index (χ3v) is 3.96. The van der Waals surface area contributed by atoms with Crippen LogP contribution in [0.15, 0.2) is 41.4 Å². The lowest BCUT2D eigenvalue weighted by atomic mass is 10.3. The SMILES string of the molecule is O=S(=O)(Nc1ncc(Cl)cc1O)c1cccc(OC(F)(F)F)c1. The Morgan fingerprint density at radius 2 is 1.96 bits per heavy atom. The van der Waals surface area contributed by atoms with Crippen molar-refractivity contribution in [1.29, 1.82) is 0 Å². The van der Waals surface area contributed by atoms with Crippen LogP contribution in [0.25, 0.3) is 0 Å². The van der Waals surface area contributed by atoms with Crippen molar-refractivity contribution in [2.45, 2.75) is 11.3 Å². The van der Waals surface area contributed by atoms with Crippen LogP contribution in [0, 0.1) is 0 Å². The van der Waals surface area contributed by atoms with Gasteiger partial charge in [0.25, 0.3) is 10.0 Å². The molecule has 0 radical (unpaired) electrons. The van der Waals surface area contributed by atoms with Gasteiger partial charge < -0.3 is 9.84 Å². The highest BCUT2D eigenvalue weighted by Gasteiger charge is 2.31. The zero-order valence-electron chi connectivity index (χ0n) is 11.0. The van der Waals surface area contributed by atoms with Crippen molar-refractivity contribution in [3.8, 4) is 11.5 Å². The molecule has 1 heterocycles. The average molecular weight is 369 g/mol. The number of benzene rings is 1. The number of sulfonamides is 1. The van der Waals surface area contributed by atoms with Crippen LogP contribution < -0.4 is 9.46 Å². The summed E-state index contributed by atoms with van der Waals surface area (Å²) < 4.78 is 66.3. The summed E-state index contributed by atoms with van der Waals surface area (Å²) >= 11 is 5.56. The van der Waals surface area contributed by atoms with Gasteiger partial charge >= 0.3 is 6.36 Å². The lowest BCUT2D eigenvalue weighted by molar-refractivity contribution is -0.274. The van der Waals surface area contributed by atoms with Crippen molar-refractivity contribution in [3.05, 3.63) is 41.6 Å². The second-order valence-corrected chi connectivity index (χ2v) is 6.27. The zero-order chi connectivity index (χ0) is 17.3. The minimum absolute atomic E-state index is 0.0750. The summed E-state index contributed by atoms with van der Waals surface area (Å²) in [5, 5.41) is 9.64. The minimum Gasteiger partial charge on any atom is -0.504 e. The van der Waals surface area contributed by atoms with Crippen molar-refractivity contribution >= 4 is 27.4 Å². The largest absolute Gasteiger partial charge is 0.573 e. The van der Waals surface area contributed by atoms with Gasteiger partial charge in [-0.05, 0) is 12.1 Å². The topological polar surface area (TPSA) is 88.5 Å². The second-order valence-electron chi connectivity index (χ2n) is 4.15. The molecular weight excluding hydrogens is 361 g/mol. The number of aromatic hydroxyl groups is 1. The highest BCUT2D eigenvalue weighted by atomic mass is 35.5. The molecule has 1 aromatic heterocycles. The molecule has 23 heavy (non-hydrogen) atoms. The molecule has 6 nitrogen and oxygen atoms in total. The first-order chi connectivity index (χ1) is 10.6. The van der Waals surface area contributed by atoms with Crippen molar-refractivity contribution in [2.75, 3.05) is 4.72 Å². The maximum atomic E-state index is 12.2. The highest BCUT2D eigenvalue weighted by molar-refractivity contribution is 7.92. The first-order valence-electron chi connectivity index (χ1n) is 5.80. The van der Waals surface area contributed by atoms with Crippen molar-refractivity contribution in [2.24, 2.45) is 0 Å². The normalized spacial score (nSPS) is 12.0. The molecule has 0 aliphatic carbocycles. The van der Waals surface area contributed by atoms with Crippen LogP contribution in [0.5, 0.6) is 11.5 Å². The molecule has 2 rings (SSSR count). The third-order valence-electron chi connectivity index (χ3n) is 2.41. The van der Waals surface area contributed by atoms with Crippen molar-refractivity contribution < 1.29 is 31.4 Å². The number of ether oxygens (including phenoxy) is 1. The fraction of sp³-hybridized carbons (Fsp3) is 0.0833. The Morgan fingerprint density at radius 1 is 1.26 bits per heavy atom. The van der Waals surface area contributed by atoms with E-state index in [9.17, 15) is 26.7 Å². The number of hydrogen-bond acceptors (Lipinski definition) is 5.